The first-order valence-corrected chi connectivity index (χ1v) is 7.60. The number of amides is 2. The lowest BCUT2D eigenvalue weighted by atomic mass is 9.93. The van der Waals surface area contributed by atoms with Crippen LogP contribution < -0.4 is 10.6 Å². The number of hydrogen-bond acceptors (Lipinski definition) is 3. The Hall–Kier alpha value is -0.810. The molecule has 2 aliphatic rings. The van der Waals surface area contributed by atoms with Crippen LogP contribution in [0.5, 0.6) is 0 Å². The van der Waals surface area contributed by atoms with Crippen LogP contribution in [0.3, 0.4) is 0 Å². The molecule has 1 saturated heterocycles. The van der Waals surface area contributed by atoms with E-state index in [1.807, 2.05) is 0 Å². The van der Waals surface area contributed by atoms with Gasteiger partial charge in [-0.15, -0.1) is 0 Å². The van der Waals surface area contributed by atoms with Gasteiger partial charge in [-0.3, -0.25) is 0 Å². The summed E-state index contributed by atoms with van der Waals surface area (Å²) in [5, 5.41) is 15.5. The Morgan fingerprint density at radius 1 is 1.16 bits per heavy atom. The van der Waals surface area contributed by atoms with Crippen molar-refractivity contribution in [3.63, 3.8) is 0 Å². The predicted molar refractivity (Wildman–Crippen MR) is 73.0 cm³/mol. The fraction of sp³-hybridized carbons (Fsp3) is 0.929. The minimum atomic E-state index is -0.388. The topological polar surface area (TPSA) is 70.6 Å². The standard InChI is InChI=1S/C14H26N2O3/c17-13-7-2-1-6-12(13)16-14(18)15-9-8-11-5-3-4-10-19-11/h11-13,17H,1-10H2,(H2,15,16,18). The number of rotatable bonds is 4. The summed E-state index contributed by atoms with van der Waals surface area (Å²) >= 11 is 0. The number of aliphatic hydroxyl groups is 1. The molecule has 0 bridgehead atoms. The summed E-state index contributed by atoms with van der Waals surface area (Å²) in [6.45, 7) is 1.49. The van der Waals surface area contributed by atoms with Gasteiger partial charge in [0, 0.05) is 13.2 Å². The van der Waals surface area contributed by atoms with Gasteiger partial charge in [-0.1, -0.05) is 12.8 Å². The average Bonchev–Trinajstić information content (AvgIpc) is 2.43. The molecule has 5 nitrogen and oxygen atoms in total. The maximum absolute atomic E-state index is 11.7. The zero-order valence-electron chi connectivity index (χ0n) is 11.6. The van der Waals surface area contributed by atoms with Crippen LogP contribution in [0.15, 0.2) is 0 Å². The molecule has 0 aromatic rings. The number of nitrogens with one attached hydrogen (secondary N) is 2. The van der Waals surface area contributed by atoms with Crippen molar-refractivity contribution in [3.05, 3.63) is 0 Å². The highest BCUT2D eigenvalue weighted by Gasteiger charge is 2.24. The molecule has 0 aromatic heterocycles. The van der Waals surface area contributed by atoms with Gasteiger partial charge < -0.3 is 20.5 Å². The molecular formula is C14H26N2O3. The van der Waals surface area contributed by atoms with Crippen LogP contribution in [0.2, 0.25) is 0 Å². The summed E-state index contributed by atoms with van der Waals surface area (Å²) in [6.07, 6.45) is 8.08. The van der Waals surface area contributed by atoms with Crippen molar-refractivity contribution < 1.29 is 14.6 Å². The van der Waals surface area contributed by atoms with Gasteiger partial charge in [0.15, 0.2) is 0 Å². The van der Waals surface area contributed by atoms with E-state index in [4.69, 9.17) is 4.74 Å². The van der Waals surface area contributed by atoms with Crippen molar-refractivity contribution in [1.82, 2.24) is 10.6 Å². The molecule has 110 valence electrons. The van der Waals surface area contributed by atoms with E-state index < -0.39 is 0 Å². The average molecular weight is 270 g/mol. The minimum absolute atomic E-state index is 0.0836. The van der Waals surface area contributed by atoms with Crippen molar-refractivity contribution in [2.75, 3.05) is 13.2 Å². The van der Waals surface area contributed by atoms with Crippen molar-refractivity contribution in [3.8, 4) is 0 Å². The van der Waals surface area contributed by atoms with Gasteiger partial charge >= 0.3 is 6.03 Å². The van der Waals surface area contributed by atoms with E-state index in [-0.39, 0.29) is 18.2 Å². The quantitative estimate of drug-likeness (QED) is 0.726. The molecule has 0 aromatic carbocycles. The first-order chi connectivity index (χ1) is 9.25. The van der Waals surface area contributed by atoms with Crippen LogP contribution in [0.1, 0.15) is 51.4 Å². The Kier molecular flexibility index (Phi) is 5.92. The molecule has 3 atom stereocenters. The third-order valence-electron chi connectivity index (χ3n) is 4.07. The lowest BCUT2D eigenvalue weighted by Gasteiger charge is -2.28. The number of urea groups is 1. The highest BCUT2D eigenvalue weighted by atomic mass is 16.5. The highest BCUT2D eigenvalue weighted by Crippen LogP contribution is 2.18. The Bertz CT molecular complexity index is 280. The maximum atomic E-state index is 11.7. The first-order valence-electron chi connectivity index (χ1n) is 7.60. The number of aliphatic hydroxyl groups excluding tert-OH is 1. The predicted octanol–water partition coefficient (Wildman–Crippen LogP) is 1.55. The van der Waals surface area contributed by atoms with E-state index in [9.17, 15) is 9.90 Å². The van der Waals surface area contributed by atoms with E-state index in [2.05, 4.69) is 10.6 Å². The van der Waals surface area contributed by atoms with E-state index in [1.54, 1.807) is 0 Å². The number of carbonyl (C=O) groups is 1. The molecule has 19 heavy (non-hydrogen) atoms. The monoisotopic (exact) mass is 270 g/mol. The summed E-state index contributed by atoms with van der Waals surface area (Å²) in [5.74, 6) is 0. The van der Waals surface area contributed by atoms with Gasteiger partial charge in [0.05, 0.1) is 18.2 Å². The zero-order valence-corrected chi connectivity index (χ0v) is 11.6. The SMILES string of the molecule is O=C(NCCC1CCCCO1)NC1CCCCC1O. The zero-order chi connectivity index (χ0) is 13.5. The van der Waals surface area contributed by atoms with Crippen molar-refractivity contribution in [2.45, 2.75) is 69.6 Å². The van der Waals surface area contributed by atoms with Gasteiger partial charge in [-0.05, 0) is 38.5 Å². The van der Waals surface area contributed by atoms with Crippen LogP contribution in [0.25, 0.3) is 0 Å². The van der Waals surface area contributed by atoms with Crippen molar-refractivity contribution >= 4 is 6.03 Å². The van der Waals surface area contributed by atoms with Crippen molar-refractivity contribution in [1.29, 1.82) is 0 Å². The molecule has 1 saturated carbocycles. The smallest absolute Gasteiger partial charge is 0.315 e. The van der Waals surface area contributed by atoms with E-state index in [0.29, 0.717) is 12.6 Å². The second kappa shape index (κ2) is 7.70. The van der Waals surface area contributed by atoms with Crippen LogP contribution in [-0.4, -0.2) is 42.5 Å². The second-order valence-corrected chi connectivity index (χ2v) is 5.64. The highest BCUT2D eigenvalue weighted by molar-refractivity contribution is 5.74. The first kappa shape index (κ1) is 14.6. The normalized spacial score (nSPS) is 31.7. The molecule has 2 amide bonds. The maximum Gasteiger partial charge on any atom is 0.315 e. The van der Waals surface area contributed by atoms with E-state index in [1.165, 1.54) is 6.42 Å². The fourth-order valence-corrected chi connectivity index (χ4v) is 2.88. The second-order valence-electron chi connectivity index (χ2n) is 5.64. The third-order valence-corrected chi connectivity index (χ3v) is 4.07. The number of carbonyl (C=O) groups excluding carboxylic acids is 1. The molecule has 3 N–H and O–H groups in total. The van der Waals surface area contributed by atoms with Crippen molar-refractivity contribution in [2.24, 2.45) is 0 Å². The summed E-state index contributed by atoms with van der Waals surface area (Å²) in [4.78, 5) is 11.7. The Balaban J connectivity index is 1.58. The summed E-state index contributed by atoms with van der Waals surface area (Å²) in [7, 11) is 0. The van der Waals surface area contributed by atoms with Gasteiger partial charge in [0.1, 0.15) is 0 Å². The molecule has 1 aliphatic carbocycles. The van der Waals surface area contributed by atoms with Crippen LogP contribution >= 0.6 is 0 Å². The summed E-state index contributed by atoms with van der Waals surface area (Å²) in [5.41, 5.74) is 0. The van der Waals surface area contributed by atoms with Gasteiger partial charge in [0.2, 0.25) is 0 Å². The molecule has 3 unspecified atom stereocenters. The van der Waals surface area contributed by atoms with Crippen LogP contribution in [0, 0.1) is 0 Å². The Morgan fingerprint density at radius 3 is 2.68 bits per heavy atom. The molecule has 0 radical (unpaired) electrons. The molecule has 1 heterocycles. The van der Waals surface area contributed by atoms with Crippen LogP contribution in [-0.2, 0) is 4.74 Å². The molecule has 2 rings (SSSR count). The third kappa shape index (κ3) is 4.99. The minimum Gasteiger partial charge on any atom is -0.391 e. The lowest BCUT2D eigenvalue weighted by molar-refractivity contribution is 0.0119. The van der Waals surface area contributed by atoms with Gasteiger partial charge in [0.25, 0.3) is 0 Å². The van der Waals surface area contributed by atoms with E-state index in [0.717, 1.165) is 51.6 Å². The summed E-state index contributed by atoms with van der Waals surface area (Å²) < 4.78 is 5.62. The Morgan fingerprint density at radius 2 is 1.95 bits per heavy atom. The molecule has 5 heteroatoms. The van der Waals surface area contributed by atoms with Gasteiger partial charge in [-0.2, -0.15) is 0 Å². The lowest BCUT2D eigenvalue weighted by Crippen LogP contribution is -2.49. The molecule has 2 fully saturated rings. The number of ether oxygens (including phenoxy) is 1. The largest absolute Gasteiger partial charge is 0.391 e. The van der Waals surface area contributed by atoms with Crippen LogP contribution in [0.4, 0.5) is 4.79 Å². The number of hydrogen-bond donors (Lipinski definition) is 3. The fourth-order valence-electron chi connectivity index (χ4n) is 2.88. The van der Waals surface area contributed by atoms with E-state index >= 15 is 0 Å². The molecular weight excluding hydrogens is 244 g/mol. The molecule has 0 spiro atoms. The summed E-state index contributed by atoms with van der Waals surface area (Å²) in [6, 6.07) is -0.249. The Labute approximate surface area is 115 Å². The molecule has 1 aliphatic heterocycles. The van der Waals surface area contributed by atoms with Gasteiger partial charge in [-0.25, -0.2) is 4.79 Å².